The Bertz CT molecular complexity index is 1110. The summed E-state index contributed by atoms with van der Waals surface area (Å²) < 4.78 is 0. The molecular weight excluding hydrogens is 416 g/mol. The molecule has 1 aromatic heterocycles. The average Bonchev–Trinajstić information content (AvgIpc) is 3.12. The van der Waals surface area contributed by atoms with E-state index in [0.717, 1.165) is 47.2 Å². The lowest BCUT2D eigenvalue weighted by Gasteiger charge is -2.19. The Morgan fingerprint density at radius 2 is 1.72 bits per heavy atom. The lowest BCUT2D eigenvalue weighted by molar-refractivity contribution is -0.116. The minimum absolute atomic E-state index is 0.0541. The molecule has 1 heterocycles. The number of thiophene rings is 1. The van der Waals surface area contributed by atoms with Crippen molar-refractivity contribution in [2.45, 2.75) is 52.9 Å². The number of nitrogens with one attached hydrogen (secondary N) is 2. The molecule has 0 spiro atoms. The van der Waals surface area contributed by atoms with Gasteiger partial charge in [-0.05, 0) is 67.7 Å². The first-order valence-corrected chi connectivity index (χ1v) is 12.1. The van der Waals surface area contributed by atoms with E-state index in [1.807, 2.05) is 62.4 Å². The number of hydrogen-bond donors (Lipinski definition) is 2. The van der Waals surface area contributed by atoms with Crippen LogP contribution >= 0.6 is 11.3 Å². The summed E-state index contributed by atoms with van der Waals surface area (Å²) in [5, 5.41) is 6.88. The van der Waals surface area contributed by atoms with Gasteiger partial charge < -0.3 is 10.6 Å². The second-order valence-electron chi connectivity index (χ2n) is 8.81. The Morgan fingerprint density at radius 1 is 1.00 bits per heavy atom. The SMILES string of the molecule is Cc1cccc(C)c1NC(=O)c1c(NC(=O)CCc2ccccc2)sc2c1CCC(C)C2. The van der Waals surface area contributed by atoms with Crippen LogP contribution in [0.5, 0.6) is 0 Å². The van der Waals surface area contributed by atoms with E-state index in [1.54, 1.807) is 11.3 Å². The summed E-state index contributed by atoms with van der Waals surface area (Å²) in [6.45, 7) is 6.25. The van der Waals surface area contributed by atoms with E-state index in [1.165, 1.54) is 4.88 Å². The fraction of sp³-hybridized carbons (Fsp3) is 0.333. The van der Waals surface area contributed by atoms with Gasteiger partial charge in [-0.15, -0.1) is 11.3 Å². The minimum atomic E-state index is -0.132. The molecule has 4 rings (SSSR count). The molecule has 2 N–H and O–H groups in total. The number of aryl methyl sites for hydroxylation is 3. The van der Waals surface area contributed by atoms with Crippen LogP contribution in [0.25, 0.3) is 0 Å². The van der Waals surface area contributed by atoms with Crippen molar-refractivity contribution in [3.05, 3.63) is 81.2 Å². The summed E-state index contributed by atoms with van der Waals surface area (Å²) in [6.07, 6.45) is 3.97. The summed E-state index contributed by atoms with van der Waals surface area (Å²) in [5.41, 5.74) is 5.80. The molecule has 166 valence electrons. The largest absolute Gasteiger partial charge is 0.321 e. The topological polar surface area (TPSA) is 58.2 Å². The van der Waals surface area contributed by atoms with E-state index in [-0.39, 0.29) is 11.8 Å². The van der Waals surface area contributed by atoms with Crippen molar-refractivity contribution in [1.82, 2.24) is 0 Å². The number of hydrogen-bond acceptors (Lipinski definition) is 3. The van der Waals surface area contributed by atoms with Gasteiger partial charge in [0.05, 0.1) is 5.56 Å². The third-order valence-corrected chi connectivity index (χ3v) is 7.36. The average molecular weight is 447 g/mol. The van der Waals surface area contributed by atoms with Gasteiger partial charge in [-0.3, -0.25) is 9.59 Å². The number of carbonyl (C=O) groups is 2. The maximum Gasteiger partial charge on any atom is 0.258 e. The van der Waals surface area contributed by atoms with E-state index in [0.29, 0.717) is 29.3 Å². The second kappa shape index (κ2) is 9.70. The number of anilines is 2. The Labute approximate surface area is 194 Å². The number of amides is 2. The fourth-order valence-corrected chi connectivity index (χ4v) is 5.78. The lowest BCUT2D eigenvalue weighted by Crippen LogP contribution is -2.20. The molecule has 2 aromatic carbocycles. The van der Waals surface area contributed by atoms with Crippen LogP contribution < -0.4 is 10.6 Å². The molecule has 0 radical (unpaired) electrons. The highest BCUT2D eigenvalue weighted by molar-refractivity contribution is 7.17. The van der Waals surface area contributed by atoms with Crippen LogP contribution in [0.15, 0.2) is 48.5 Å². The highest BCUT2D eigenvalue weighted by Gasteiger charge is 2.28. The predicted molar refractivity (Wildman–Crippen MR) is 133 cm³/mol. The molecule has 5 heteroatoms. The zero-order valence-electron chi connectivity index (χ0n) is 19.0. The summed E-state index contributed by atoms with van der Waals surface area (Å²) in [5.74, 6) is 0.409. The summed E-state index contributed by atoms with van der Waals surface area (Å²) in [4.78, 5) is 27.5. The standard InChI is InChI=1S/C27H30N2O2S/c1-17-12-14-21-22(16-17)32-27(28-23(30)15-13-20-10-5-4-6-11-20)24(21)26(31)29-25-18(2)8-7-9-19(25)3/h4-11,17H,12-16H2,1-3H3,(H,28,30)(H,29,31). The smallest absolute Gasteiger partial charge is 0.258 e. The minimum Gasteiger partial charge on any atom is -0.321 e. The molecule has 1 unspecified atom stereocenters. The van der Waals surface area contributed by atoms with E-state index in [2.05, 4.69) is 17.6 Å². The summed E-state index contributed by atoms with van der Waals surface area (Å²) in [6, 6.07) is 16.0. The van der Waals surface area contributed by atoms with E-state index in [4.69, 9.17) is 0 Å². The number of fused-ring (bicyclic) bond motifs is 1. The molecular formula is C27H30N2O2S. The van der Waals surface area contributed by atoms with Crippen LogP contribution in [0.3, 0.4) is 0 Å². The molecule has 1 aliphatic rings. The monoisotopic (exact) mass is 446 g/mol. The van der Waals surface area contributed by atoms with Gasteiger partial charge in [0.2, 0.25) is 5.91 Å². The van der Waals surface area contributed by atoms with Crippen LogP contribution in [0.1, 0.15) is 57.3 Å². The van der Waals surface area contributed by atoms with Crippen LogP contribution in [-0.2, 0) is 24.1 Å². The summed E-state index contributed by atoms with van der Waals surface area (Å²) >= 11 is 1.57. The van der Waals surface area contributed by atoms with E-state index < -0.39 is 0 Å². The van der Waals surface area contributed by atoms with Crippen molar-refractivity contribution in [2.75, 3.05) is 10.6 Å². The van der Waals surface area contributed by atoms with Crippen molar-refractivity contribution in [1.29, 1.82) is 0 Å². The van der Waals surface area contributed by atoms with Crippen molar-refractivity contribution >= 4 is 33.8 Å². The first-order valence-electron chi connectivity index (χ1n) is 11.3. The van der Waals surface area contributed by atoms with E-state index in [9.17, 15) is 9.59 Å². The lowest BCUT2D eigenvalue weighted by atomic mass is 9.88. The third kappa shape index (κ3) is 4.94. The highest BCUT2D eigenvalue weighted by atomic mass is 32.1. The normalized spacial score (nSPS) is 15.2. The highest BCUT2D eigenvalue weighted by Crippen LogP contribution is 2.40. The Kier molecular flexibility index (Phi) is 6.75. The Morgan fingerprint density at radius 3 is 2.44 bits per heavy atom. The predicted octanol–water partition coefficient (Wildman–Crippen LogP) is 6.31. The number of rotatable bonds is 6. The van der Waals surface area contributed by atoms with Crippen molar-refractivity contribution in [3.63, 3.8) is 0 Å². The van der Waals surface area contributed by atoms with Gasteiger partial charge >= 0.3 is 0 Å². The van der Waals surface area contributed by atoms with Crippen LogP contribution in [0, 0.1) is 19.8 Å². The van der Waals surface area contributed by atoms with Crippen LogP contribution in [0.4, 0.5) is 10.7 Å². The summed E-state index contributed by atoms with van der Waals surface area (Å²) in [7, 11) is 0. The molecule has 0 fully saturated rings. The van der Waals surface area contributed by atoms with Gasteiger partial charge in [-0.25, -0.2) is 0 Å². The quantitative estimate of drug-likeness (QED) is 0.466. The van der Waals surface area contributed by atoms with Gasteiger partial charge in [0, 0.05) is 17.0 Å². The first kappa shape index (κ1) is 22.3. The third-order valence-electron chi connectivity index (χ3n) is 6.19. The zero-order chi connectivity index (χ0) is 22.7. The van der Waals surface area contributed by atoms with Crippen molar-refractivity contribution in [2.24, 2.45) is 5.92 Å². The molecule has 32 heavy (non-hydrogen) atoms. The van der Waals surface area contributed by atoms with Crippen LogP contribution in [-0.4, -0.2) is 11.8 Å². The maximum absolute atomic E-state index is 13.5. The van der Waals surface area contributed by atoms with Crippen molar-refractivity contribution in [3.8, 4) is 0 Å². The molecule has 0 bridgehead atoms. The van der Waals surface area contributed by atoms with E-state index >= 15 is 0 Å². The molecule has 0 saturated carbocycles. The van der Waals surface area contributed by atoms with Gasteiger partial charge in [-0.1, -0.05) is 55.5 Å². The molecule has 1 atom stereocenters. The molecule has 0 aliphatic heterocycles. The first-order chi connectivity index (χ1) is 15.4. The molecule has 0 saturated heterocycles. The maximum atomic E-state index is 13.5. The Balaban J connectivity index is 1.58. The van der Waals surface area contributed by atoms with Gasteiger partial charge in [0.25, 0.3) is 5.91 Å². The van der Waals surface area contributed by atoms with Crippen molar-refractivity contribution < 1.29 is 9.59 Å². The number of carbonyl (C=O) groups excluding carboxylic acids is 2. The van der Waals surface area contributed by atoms with Gasteiger partial charge in [0.1, 0.15) is 5.00 Å². The molecule has 2 amide bonds. The number of para-hydroxylation sites is 1. The molecule has 3 aromatic rings. The second-order valence-corrected chi connectivity index (χ2v) is 9.92. The van der Waals surface area contributed by atoms with Crippen LogP contribution in [0.2, 0.25) is 0 Å². The van der Waals surface area contributed by atoms with Gasteiger partial charge in [0.15, 0.2) is 0 Å². The number of benzene rings is 2. The molecule has 4 nitrogen and oxygen atoms in total. The fourth-order valence-electron chi connectivity index (χ4n) is 4.36. The molecule has 1 aliphatic carbocycles. The zero-order valence-corrected chi connectivity index (χ0v) is 19.8. The van der Waals surface area contributed by atoms with Gasteiger partial charge in [-0.2, -0.15) is 0 Å². The Hall–Kier alpha value is -2.92.